The summed E-state index contributed by atoms with van der Waals surface area (Å²) in [6.07, 6.45) is 2.26. The van der Waals surface area contributed by atoms with Gasteiger partial charge < -0.3 is 5.32 Å². The predicted molar refractivity (Wildman–Crippen MR) is 79.8 cm³/mol. The van der Waals surface area contributed by atoms with Gasteiger partial charge in [-0.2, -0.15) is 0 Å². The van der Waals surface area contributed by atoms with Gasteiger partial charge in [0.15, 0.2) is 0 Å². The van der Waals surface area contributed by atoms with Crippen LogP contribution in [-0.4, -0.2) is 29.9 Å². The van der Waals surface area contributed by atoms with Gasteiger partial charge in [0.05, 0.1) is 0 Å². The van der Waals surface area contributed by atoms with Crippen LogP contribution < -0.4 is 5.32 Å². The third-order valence-electron chi connectivity index (χ3n) is 3.07. The molecule has 1 amide bonds. The summed E-state index contributed by atoms with van der Waals surface area (Å²) in [7, 11) is 0. The monoisotopic (exact) mass is 260 g/mol. The first-order valence-corrected chi connectivity index (χ1v) is 6.81. The van der Waals surface area contributed by atoms with Crippen LogP contribution in [0.3, 0.4) is 0 Å². The van der Waals surface area contributed by atoms with E-state index in [9.17, 15) is 4.79 Å². The van der Waals surface area contributed by atoms with Crippen LogP contribution in [-0.2, 0) is 11.3 Å². The minimum absolute atomic E-state index is 0.0980. The smallest absolute Gasteiger partial charge is 0.243 e. The molecule has 0 heterocycles. The molecule has 0 unspecified atom stereocenters. The van der Waals surface area contributed by atoms with Gasteiger partial charge in [-0.1, -0.05) is 36.9 Å². The van der Waals surface area contributed by atoms with E-state index in [4.69, 9.17) is 0 Å². The second-order valence-corrected chi connectivity index (χ2v) is 4.90. The number of carbonyl (C=O) groups is 1. The van der Waals surface area contributed by atoms with Crippen LogP contribution in [0.2, 0.25) is 0 Å². The molecular weight excluding hydrogens is 236 g/mol. The molecule has 19 heavy (non-hydrogen) atoms. The minimum Gasteiger partial charge on any atom is -0.353 e. The lowest BCUT2D eigenvalue weighted by atomic mass is 10.2. The maximum absolute atomic E-state index is 11.0. The maximum atomic E-state index is 11.0. The Bertz CT molecular complexity index is 387. The fourth-order valence-electron chi connectivity index (χ4n) is 1.90. The molecule has 1 aromatic rings. The quantitative estimate of drug-likeness (QED) is 0.575. The fraction of sp³-hybridized carbons (Fsp3) is 0.438. The molecule has 0 fully saturated rings. The molecule has 3 nitrogen and oxygen atoms in total. The number of amides is 1. The first-order valence-electron chi connectivity index (χ1n) is 6.81. The van der Waals surface area contributed by atoms with E-state index in [1.165, 1.54) is 11.6 Å². The normalized spacial score (nSPS) is 10.7. The lowest BCUT2D eigenvalue weighted by Crippen LogP contribution is -2.33. The van der Waals surface area contributed by atoms with Crippen molar-refractivity contribution in [3.8, 4) is 0 Å². The Morgan fingerprint density at radius 3 is 2.63 bits per heavy atom. The average molecular weight is 260 g/mol. The molecule has 0 aliphatic carbocycles. The molecule has 0 aliphatic heterocycles. The number of hydrogen-bond donors (Lipinski definition) is 1. The first kappa shape index (κ1) is 15.4. The fourth-order valence-corrected chi connectivity index (χ4v) is 1.90. The summed E-state index contributed by atoms with van der Waals surface area (Å²) in [5, 5.41) is 2.81. The number of benzene rings is 1. The molecule has 104 valence electrons. The first-order chi connectivity index (χ1) is 9.13. The second-order valence-electron chi connectivity index (χ2n) is 4.90. The molecule has 1 aromatic carbocycles. The summed E-state index contributed by atoms with van der Waals surface area (Å²) >= 11 is 0. The molecule has 0 bridgehead atoms. The molecule has 0 radical (unpaired) electrons. The Balaban J connectivity index is 2.37. The van der Waals surface area contributed by atoms with E-state index >= 15 is 0 Å². The van der Waals surface area contributed by atoms with Gasteiger partial charge in [-0.3, -0.25) is 9.69 Å². The van der Waals surface area contributed by atoms with Crippen LogP contribution in [0.4, 0.5) is 0 Å². The number of rotatable bonds is 8. The molecule has 0 saturated carbocycles. The zero-order valence-electron chi connectivity index (χ0n) is 11.9. The van der Waals surface area contributed by atoms with E-state index in [0.717, 1.165) is 19.5 Å². The summed E-state index contributed by atoms with van der Waals surface area (Å²) < 4.78 is 0. The van der Waals surface area contributed by atoms with Crippen molar-refractivity contribution in [2.24, 2.45) is 0 Å². The third kappa shape index (κ3) is 6.20. The van der Waals surface area contributed by atoms with Gasteiger partial charge in [-0.25, -0.2) is 0 Å². The van der Waals surface area contributed by atoms with Gasteiger partial charge in [-0.15, -0.1) is 0 Å². The topological polar surface area (TPSA) is 32.3 Å². The Hall–Kier alpha value is -1.61. The Morgan fingerprint density at radius 1 is 1.37 bits per heavy atom. The summed E-state index contributed by atoms with van der Waals surface area (Å²) in [5.74, 6) is -0.0980. The predicted octanol–water partition coefficient (Wildman–Crippen LogP) is 2.59. The minimum atomic E-state index is -0.0980. The van der Waals surface area contributed by atoms with Gasteiger partial charge in [0.1, 0.15) is 0 Å². The van der Waals surface area contributed by atoms with Crippen molar-refractivity contribution in [3.63, 3.8) is 0 Å². The van der Waals surface area contributed by atoms with E-state index in [2.05, 4.69) is 54.9 Å². The molecule has 0 saturated heterocycles. The van der Waals surface area contributed by atoms with Crippen molar-refractivity contribution in [1.82, 2.24) is 10.2 Å². The highest BCUT2D eigenvalue weighted by molar-refractivity contribution is 5.86. The van der Waals surface area contributed by atoms with Crippen LogP contribution in [0.5, 0.6) is 0 Å². The standard InChI is InChI=1S/C16H24N2O/c1-4-16(19)17-11-8-12-18(14(2)3)13-15-9-6-5-7-10-15/h4-7,9-10,14H,1,8,11-13H2,2-3H3,(H,17,19). The average Bonchev–Trinajstić information content (AvgIpc) is 2.42. The Labute approximate surface area is 116 Å². The maximum Gasteiger partial charge on any atom is 0.243 e. The third-order valence-corrected chi connectivity index (χ3v) is 3.07. The van der Waals surface area contributed by atoms with Crippen LogP contribution in [0.25, 0.3) is 0 Å². The van der Waals surface area contributed by atoms with Crippen molar-refractivity contribution in [1.29, 1.82) is 0 Å². The second kappa shape index (κ2) is 8.48. The van der Waals surface area contributed by atoms with Crippen LogP contribution >= 0.6 is 0 Å². The lowest BCUT2D eigenvalue weighted by Gasteiger charge is -2.26. The molecule has 1 N–H and O–H groups in total. The summed E-state index contributed by atoms with van der Waals surface area (Å²) in [6.45, 7) is 10.5. The van der Waals surface area contributed by atoms with E-state index < -0.39 is 0 Å². The van der Waals surface area contributed by atoms with Gasteiger partial charge in [0.25, 0.3) is 0 Å². The molecule has 0 aromatic heterocycles. The Kier molecular flexibility index (Phi) is 6.90. The van der Waals surface area contributed by atoms with E-state index in [1.54, 1.807) is 0 Å². The molecule has 3 heteroatoms. The molecule has 1 rings (SSSR count). The molecule has 0 atom stereocenters. The molecule has 0 spiro atoms. The van der Waals surface area contributed by atoms with Gasteiger partial charge in [0, 0.05) is 25.7 Å². The summed E-state index contributed by atoms with van der Waals surface area (Å²) in [4.78, 5) is 13.5. The zero-order chi connectivity index (χ0) is 14.1. The van der Waals surface area contributed by atoms with Crippen LogP contribution in [0.1, 0.15) is 25.8 Å². The number of nitrogens with one attached hydrogen (secondary N) is 1. The highest BCUT2D eigenvalue weighted by Gasteiger charge is 2.09. The van der Waals surface area contributed by atoms with Crippen LogP contribution in [0, 0.1) is 0 Å². The SMILES string of the molecule is C=CC(=O)NCCCN(Cc1ccccc1)C(C)C. The highest BCUT2D eigenvalue weighted by atomic mass is 16.1. The van der Waals surface area contributed by atoms with Gasteiger partial charge in [-0.05, 0) is 31.9 Å². The summed E-state index contributed by atoms with van der Waals surface area (Å²) in [6, 6.07) is 11.0. The Morgan fingerprint density at radius 2 is 2.05 bits per heavy atom. The van der Waals surface area contributed by atoms with Gasteiger partial charge >= 0.3 is 0 Å². The number of carbonyl (C=O) groups excluding carboxylic acids is 1. The number of hydrogen-bond acceptors (Lipinski definition) is 2. The lowest BCUT2D eigenvalue weighted by molar-refractivity contribution is -0.116. The number of nitrogens with zero attached hydrogens (tertiary/aromatic N) is 1. The van der Waals surface area contributed by atoms with Crippen molar-refractivity contribution in [2.45, 2.75) is 32.9 Å². The van der Waals surface area contributed by atoms with Crippen molar-refractivity contribution in [3.05, 3.63) is 48.6 Å². The molecule has 0 aliphatic rings. The van der Waals surface area contributed by atoms with Crippen molar-refractivity contribution in [2.75, 3.05) is 13.1 Å². The van der Waals surface area contributed by atoms with E-state index in [-0.39, 0.29) is 5.91 Å². The molecular formula is C16H24N2O. The highest BCUT2D eigenvalue weighted by Crippen LogP contribution is 2.08. The van der Waals surface area contributed by atoms with E-state index in [1.807, 2.05) is 6.07 Å². The largest absolute Gasteiger partial charge is 0.353 e. The van der Waals surface area contributed by atoms with Crippen LogP contribution in [0.15, 0.2) is 43.0 Å². The summed E-state index contributed by atoms with van der Waals surface area (Å²) in [5.41, 5.74) is 1.33. The van der Waals surface area contributed by atoms with Crippen molar-refractivity contribution < 1.29 is 4.79 Å². The zero-order valence-corrected chi connectivity index (χ0v) is 11.9. The van der Waals surface area contributed by atoms with E-state index in [0.29, 0.717) is 12.6 Å². The van der Waals surface area contributed by atoms with Gasteiger partial charge in [0.2, 0.25) is 5.91 Å². The van der Waals surface area contributed by atoms with Crippen molar-refractivity contribution >= 4 is 5.91 Å².